The lowest BCUT2D eigenvalue weighted by Crippen LogP contribution is -2.52. The van der Waals surface area contributed by atoms with E-state index in [9.17, 15) is 9.59 Å². The van der Waals surface area contributed by atoms with Crippen molar-refractivity contribution in [2.45, 2.75) is 29.4 Å². The molecule has 1 aromatic rings. The summed E-state index contributed by atoms with van der Waals surface area (Å²) in [5.74, 6) is 5.72. The first kappa shape index (κ1) is 19.0. The first-order valence-electron chi connectivity index (χ1n) is 7.74. The Bertz CT molecular complexity index is 673. The van der Waals surface area contributed by atoms with E-state index in [1.54, 1.807) is 24.5 Å². The molecular weight excluding hydrogens is 344 g/mol. The van der Waals surface area contributed by atoms with E-state index in [1.165, 1.54) is 16.7 Å². The number of hydroxylamine groups is 1. The Morgan fingerprint density at radius 2 is 1.96 bits per heavy atom. The molecule has 0 saturated carbocycles. The van der Waals surface area contributed by atoms with E-state index in [-0.39, 0.29) is 13.1 Å². The topological polar surface area (TPSA) is 99.1 Å². The summed E-state index contributed by atoms with van der Waals surface area (Å²) in [6.45, 7) is 2.54. The number of likely N-dealkylation sites (tertiary alicyclic amines) is 1. The van der Waals surface area contributed by atoms with Crippen molar-refractivity contribution in [2.75, 3.05) is 19.7 Å². The fraction of sp³-hybridized carbons (Fsp3) is 0.412. The van der Waals surface area contributed by atoms with Gasteiger partial charge in [0.25, 0.3) is 5.91 Å². The number of rotatable bonds is 5. The smallest absolute Gasteiger partial charge is 0.407 e. The van der Waals surface area contributed by atoms with Crippen LogP contribution in [0.3, 0.4) is 0 Å². The van der Waals surface area contributed by atoms with Gasteiger partial charge in [-0.25, -0.2) is 10.3 Å². The zero-order valence-corrected chi connectivity index (χ0v) is 14.6. The lowest BCUT2D eigenvalue weighted by molar-refractivity contribution is -0.132. The van der Waals surface area contributed by atoms with Crippen LogP contribution in [-0.2, 0) is 4.79 Å². The standard InChI is InChI=1S/C17H20N2O5S/c1-2-3-12-24-13-4-6-14(7-5-13)25-17(15(20)18-23)8-10-19(11-9-17)16(21)22/h4-7,23H,8-12H2,1H3,(H,18,20)(H,21,22). The summed E-state index contributed by atoms with van der Waals surface area (Å²) in [5.41, 5.74) is 1.72. The van der Waals surface area contributed by atoms with Gasteiger partial charge in [0.05, 0.1) is 0 Å². The van der Waals surface area contributed by atoms with Crippen molar-refractivity contribution in [1.82, 2.24) is 10.4 Å². The van der Waals surface area contributed by atoms with Crippen molar-refractivity contribution in [3.63, 3.8) is 0 Å². The van der Waals surface area contributed by atoms with Crippen LogP contribution < -0.4 is 10.2 Å². The molecule has 1 aliphatic rings. The zero-order valence-electron chi connectivity index (χ0n) is 13.8. The second-order valence-electron chi connectivity index (χ2n) is 5.49. The quantitative estimate of drug-likeness (QED) is 0.421. The molecule has 0 atom stereocenters. The highest BCUT2D eigenvalue weighted by molar-refractivity contribution is 8.01. The molecule has 2 amide bonds. The number of carboxylic acid groups (broad SMARTS) is 1. The summed E-state index contributed by atoms with van der Waals surface area (Å²) in [5, 5.41) is 18.2. The SMILES string of the molecule is CC#CCOc1ccc(SC2(C(=O)NO)CCN(C(=O)O)CC2)cc1. The molecule has 1 fully saturated rings. The molecule has 8 heteroatoms. The molecule has 1 saturated heterocycles. The Kier molecular flexibility index (Phi) is 6.56. The van der Waals surface area contributed by atoms with Gasteiger partial charge in [0, 0.05) is 18.0 Å². The van der Waals surface area contributed by atoms with Crippen LogP contribution in [0.5, 0.6) is 5.75 Å². The third kappa shape index (κ3) is 4.81. The number of carbonyl (C=O) groups excluding carboxylic acids is 1. The van der Waals surface area contributed by atoms with E-state index in [2.05, 4.69) is 11.8 Å². The number of amides is 2. The first-order valence-corrected chi connectivity index (χ1v) is 8.56. The normalized spacial score (nSPS) is 15.7. The number of benzene rings is 1. The van der Waals surface area contributed by atoms with Crippen molar-refractivity contribution >= 4 is 23.8 Å². The Morgan fingerprint density at radius 1 is 1.32 bits per heavy atom. The maximum Gasteiger partial charge on any atom is 0.407 e. The summed E-state index contributed by atoms with van der Waals surface area (Å²) >= 11 is 1.32. The van der Waals surface area contributed by atoms with Crippen LogP contribution in [-0.4, -0.2) is 51.7 Å². The Morgan fingerprint density at radius 3 is 2.48 bits per heavy atom. The molecule has 134 valence electrons. The minimum absolute atomic E-state index is 0.243. The summed E-state index contributed by atoms with van der Waals surface area (Å²) in [7, 11) is 0. The fourth-order valence-corrected chi connectivity index (χ4v) is 3.81. The van der Waals surface area contributed by atoms with Crippen LogP contribution in [0.1, 0.15) is 19.8 Å². The second-order valence-corrected chi connectivity index (χ2v) is 6.95. The van der Waals surface area contributed by atoms with Crippen molar-refractivity contribution in [1.29, 1.82) is 0 Å². The molecule has 7 nitrogen and oxygen atoms in total. The minimum Gasteiger partial charge on any atom is -0.481 e. The Balaban J connectivity index is 2.08. The van der Waals surface area contributed by atoms with Gasteiger partial charge in [-0.15, -0.1) is 17.7 Å². The van der Waals surface area contributed by atoms with Crippen molar-refractivity contribution in [2.24, 2.45) is 0 Å². The molecular formula is C17H20N2O5S. The third-order valence-corrected chi connectivity index (χ3v) is 5.47. The predicted molar refractivity (Wildman–Crippen MR) is 92.7 cm³/mol. The zero-order chi connectivity index (χ0) is 18.3. The average molecular weight is 364 g/mol. The minimum atomic E-state index is -1.00. The number of nitrogens with zero attached hydrogens (tertiary/aromatic N) is 1. The molecule has 0 aromatic heterocycles. The first-order chi connectivity index (χ1) is 12.0. The number of hydrogen-bond acceptors (Lipinski definition) is 5. The van der Waals surface area contributed by atoms with Crippen LogP contribution in [0.2, 0.25) is 0 Å². The summed E-state index contributed by atoms with van der Waals surface area (Å²) in [4.78, 5) is 25.4. The summed E-state index contributed by atoms with van der Waals surface area (Å²) in [6.07, 6.45) is -0.360. The van der Waals surface area contributed by atoms with Crippen LogP contribution >= 0.6 is 11.8 Å². The monoisotopic (exact) mass is 364 g/mol. The van der Waals surface area contributed by atoms with E-state index >= 15 is 0 Å². The van der Waals surface area contributed by atoms with Crippen LogP contribution in [0.15, 0.2) is 29.2 Å². The second kappa shape index (κ2) is 8.65. The van der Waals surface area contributed by atoms with E-state index in [1.807, 2.05) is 12.1 Å². The van der Waals surface area contributed by atoms with Crippen molar-refractivity contribution in [3.05, 3.63) is 24.3 Å². The molecule has 3 N–H and O–H groups in total. The Labute approximate surface area is 150 Å². The molecule has 1 aliphatic heterocycles. The lowest BCUT2D eigenvalue weighted by Gasteiger charge is -2.38. The number of nitrogens with one attached hydrogen (secondary N) is 1. The maximum absolute atomic E-state index is 12.2. The van der Waals surface area contributed by atoms with Gasteiger partial charge in [-0.2, -0.15) is 0 Å². The van der Waals surface area contributed by atoms with Crippen LogP contribution in [0.25, 0.3) is 0 Å². The predicted octanol–water partition coefficient (Wildman–Crippen LogP) is 2.20. The van der Waals surface area contributed by atoms with E-state index < -0.39 is 16.7 Å². The molecule has 1 heterocycles. The van der Waals surface area contributed by atoms with Gasteiger partial charge in [-0.05, 0) is 44.0 Å². The number of ether oxygens (including phenoxy) is 1. The molecule has 0 bridgehead atoms. The van der Waals surface area contributed by atoms with Gasteiger partial charge in [0.2, 0.25) is 0 Å². The maximum atomic E-state index is 12.2. The highest BCUT2D eigenvalue weighted by Gasteiger charge is 2.43. The van der Waals surface area contributed by atoms with Gasteiger partial charge in [0.1, 0.15) is 17.1 Å². The largest absolute Gasteiger partial charge is 0.481 e. The molecule has 2 rings (SSSR count). The van der Waals surface area contributed by atoms with Gasteiger partial charge < -0.3 is 14.7 Å². The van der Waals surface area contributed by atoms with E-state index in [0.29, 0.717) is 25.2 Å². The Hall–Kier alpha value is -2.37. The van der Waals surface area contributed by atoms with Gasteiger partial charge >= 0.3 is 6.09 Å². The molecule has 0 spiro atoms. The van der Waals surface area contributed by atoms with Crippen LogP contribution in [0, 0.1) is 11.8 Å². The molecule has 0 unspecified atom stereocenters. The van der Waals surface area contributed by atoms with Crippen molar-refractivity contribution in [3.8, 4) is 17.6 Å². The van der Waals surface area contributed by atoms with Gasteiger partial charge in [0.15, 0.2) is 0 Å². The molecule has 1 aromatic carbocycles. The average Bonchev–Trinajstić information content (AvgIpc) is 2.63. The fourth-order valence-electron chi connectivity index (χ4n) is 2.56. The highest BCUT2D eigenvalue weighted by atomic mass is 32.2. The number of hydrogen-bond donors (Lipinski definition) is 3. The lowest BCUT2D eigenvalue weighted by atomic mass is 9.95. The van der Waals surface area contributed by atoms with E-state index in [4.69, 9.17) is 15.1 Å². The molecule has 25 heavy (non-hydrogen) atoms. The van der Waals surface area contributed by atoms with Gasteiger partial charge in [-0.3, -0.25) is 10.0 Å². The molecule has 0 aliphatic carbocycles. The van der Waals surface area contributed by atoms with Gasteiger partial charge in [-0.1, -0.05) is 5.92 Å². The number of thioether (sulfide) groups is 1. The van der Waals surface area contributed by atoms with Crippen LogP contribution in [0.4, 0.5) is 4.79 Å². The number of carbonyl (C=O) groups is 2. The third-order valence-electron chi connectivity index (χ3n) is 3.98. The summed E-state index contributed by atoms with van der Waals surface area (Å²) in [6, 6.07) is 7.23. The van der Waals surface area contributed by atoms with Crippen molar-refractivity contribution < 1.29 is 24.6 Å². The summed E-state index contributed by atoms with van der Waals surface area (Å²) < 4.78 is 4.55. The highest BCUT2D eigenvalue weighted by Crippen LogP contribution is 2.41. The molecule has 0 radical (unpaired) electrons. The van der Waals surface area contributed by atoms with E-state index in [0.717, 1.165) is 4.90 Å². The number of piperidine rings is 1.